The highest BCUT2D eigenvalue weighted by molar-refractivity contribution is 5.77. The molecule has 0 spiro atoms. The van der Waals surface area contributed by atoms with Crippen LogP contribution >= 0.6 is 0 Å². The van der Waals surface area contributed by atoms with Crippen LogP contribution in [0, 0.1) is 0 Å². The van der Waals surface area contributed by atoms with Gasteiger partial charge in [0.25, 0.3) is 0 Å². The first-order valence-corrected chi connectivity index (χ1v) is 37.5. The Bertz CT molecular complexity index is 3430. The van der Waals surface area contributed by atoms with Gasteiger partial charge in [-0.1, -0.05) is 91.0 Å². The lowest BCUT2D eigenvalue weighted by Crippen LogP contribution is -2.65. The lowest BCUT2D eigenvalue weighted by molar-refractivity contribution is -0.302. The zero-order valence-electron chi connectivity index (χ0n) is 64.9. The summed E-state index contributed by atoms with van der Waals surface area (Å²) < 4.78 is 82.8. The highest BCUT2D eigenvalue weighted by Gasteiger charge is 2.65. The minimum Gasteiger partial charge on any atom is -0.445 e. The molecular weight excluding hydrogens is 1400 g/mol. The lowest BCUT2D eigenvalue weighted by atomic mass is 9.88. The highest BCUT2D eigenvalue weighted by atomic mass is 16.9. The van der Waals surface area contributed by atoms with Crippen molar-refractivity contribution < 1.29 is 111 Å². The zero-order chi connectivity index (χ0) is 78.1. The zero-order valence-corrected chi connectivity index (χ0v) is 64.9. The van der Waals surface area contributed by atoms with Gasteiger partial charge < -0.3 is 112 Å². The van der Waals surface area contributed by atoms with Crippen LogP contribution in [0.4, 0.5) is 14.4 Å². The van der Waals surface area contributed by atoms with Crippen molar-refractivity contribution in [2.75, 3.05) is 120 Å². The van der Waals surface area contributed by atoms with Gasteiger partial charge in [-0.3, -0.25) is 24.3 Å². The number of aliphatic hydroxyl groups excluding tert-OH is 4. The van der Waals surface area contributed by atoms with Crippen LogP contribution in [0.5, 0.6) is 0 Å². The maximum Gasteiger partial charge on any atom is 0.407 e. The first-order valence-electron chi connectivity index (χ1n) is 37.5. The summed E-state index contributed by atoms with van der Waals surface area (Å²) in [6.07, 6.45) is -4.90. The number of likely N-dealkylation sites (N-methyl/N-ethyl adjacent to an activating group) is 2. The molecule has 9 aliphatic rings. The molecule has 12 rings (SSSR count). The minimum atomic E-state index is -1.18. The van der Waals surface area contributed by atoms with E-state index in [1.807, 2.05) is 112 Å². The molecule has 12 atom stereocenters. The fourth-order valence-electron chi connectivity index (χ4n) is 15.0. The number of nitrogens with one attached hydrogen (secondary N) is 3. The summed E-state index contributed by atoms with van der Waals surface area (Å²) in [6.45, 7) is 22.5. The second-order valence-corrected chi connectivity index (χ2v) is 32.4. The van der Waals surface area contributed by atoms with Crippen LogP contribution in [-0.2, 0) is 95.7 Å². The van der Waals surface area contributed by atoms with E-state index in [-0.39, 0.29) is 70.2 Å². The average Bonchev–Trinajstić information content (AvgIpc) is 1.59. The molecule has 3 aromatic rings. The second kappa shape index (κ2) is 35.2. The van der Waals surface area contributed by atoms with Crippen molar-refractivity contribution in [1.29, 1.82) is 0 Å². The van der Waals surface area contributed by atoms with Crippen molar-refractivity contribution in [2.24, 2.45) is 0 Å². The van der Waals surface area contributed by atoms with Crippen molar-refractivity contribution in [3.63, 3.8) is 0 Å². The van der Waals surface area contributed by atoms with Crippen LogP contribution in [0.1, 0.15) is 118 Å². The lowest BCUT2D eigenvalue weighted by Gasteiger charge is -2.47. The normalized spacial score (nSPS) is 31.4. The third-order valence-corrected chi connectivity index (χ3v) is 21.2. The molecule has 31 heteroatoms. The number of nitrogens with zero attached hydrogens (tertiary/aromatic N) is 5. The molecule has 5 amide bonds. The molecule has 9 fully saturated rings. The van der Waals surface area contributed by atoms with Crippen LogP contribution in [0.25, 0.3) is 0 Å². The Labute approximate surface area is 633 Å². The fourth-order valence-corrected chi connectivity index (χ4v) is 15.0. The summed E-state index contributed by atoms with van der Waals surface area (Å²) in [5.41, 5.74) is 1.62. The Morgan fingerprint density at radius 1 is 0.426 bits per heavy atom. The van der Waals surface area contributed by atoms with Crippen molar-refractivity contribution in [2.45, 2.75) is 227 Å². The number of hydrogen-bond donors (Lipinski definition) is 7. The van der Waals surface area contributed by atoms with Crippen LogP contribution in [0.15, 0.2) is 91.0 Å². The maximum atomic E-state index is 12.5. The van der Waals surface area contributed by atoms with Crippen LogP contribution < -0.4 is 16.0 Å². The predicted octanol–water partition coefficient (Wildman–Crippen LogP) is 4.33. The number of likely N-dealkylation sites (tertiary alicyclic amines) is 3. The number of carbonyl (C=O) groups is 5. The second-order valence-electron chi connectivity index (χ2n) is 32.4. The number of rotatable bonds is 21. The van der Waals surface area contributed by atoms with Crippen LogP contribution in [0.2, 0.25) is 0 Å². The molecule has 0 radical (unpaired) electrons. The first kappa shape index (κ1) is 84.1. The Balaban J connectivity index is 0.000000174. The molecular formula is C77H116N8O23. The molecule has 9 saturated heterocycles. The monoisotopic (exact) mass is 1520 g/mol. The Morgan fingerprint density at radius 3 is 1.08 bits per heavy atom. The third kappa shape index (κ3) is 22.1. The van der Waals surface area contributed by atoms with E-state index in [0.29, 0.717) is 84.6 Å². The van der Waals surface area contributed by atoms with E-state index in [9.17, 15) is 44.4 Å². The van der Waals surface area contributed by atoms with E-state index in [2.05, 4.69) is 30.7 Å². The number of fused-ring (bicyclic) bond motifs is 3. The van der Waals surface area contributed by atoms with Crippen molar-refractivity contribution in [3.8, 4) is 0 Å². The van der Waals surface area contributed by atoms with E-state index >= 15 is 0 Å². The summed E-state index contributed by atoms with van der Waals surface area (Å²) in [5, 5.41) is 51.3. The number of carbonyl (C=O) groups excluding carboxylic acids is 5. The number of piperidine rings is 3. The summed E-state index contributed by atoms with van der Waals surface area (Å²) in [7, 11) is 6.59. The largest absolute Gasteiger partial charge is 0.445 e. The van der Waals surface area contributed by atoms with Gasteiger partial charge in [0.2, 0.25) is 29.2 Å². The standard InChI is InChI=1S/2C27H41N3O8.C23H34N2O7/c1-25(2)37-23-22(32)20(34-17-21(31)29(4)5)16-36-27(23,38-25)18-30-13-11-26(3,12-14-30)28-24(33)35-15-19-9-7-6-8-10-19;1-25(2)37-23-22(34-17-21(32)29(4)5)20(31)16-36-27(23,38-25)18-30-13-11-26(3,12-14-30)28-24(33)35-15-19-9-7-6-8-10-19;1-21(2)31-19-18(27)17(26)14-30-23(19,32-21)15-25-11-9-22(3,10-12-25)24-20(28)29-13-16-7-5-4-6-8-16/h6-10,20,22-23,32H,11-18H2,1-5H3,(H,28,33);6-10,20,22-23,31H,11-18H2,1-5H3,(H,28,33);4-8,17-19,26-27H,9-15H2,1-3H3,(H,24,28)/t2*20-,22-,23+,27+;17-,18-,19+,23+/m111/s1. The Kier molecular flexibility index (Phi) is 27.4. The number of alkyl carbamates (subject to hydrolysis) is 3. The van der Waals surface area contributed by atoms with E-state index in [0.717, 1.165) is 29.5 Å². The predicted molar refractivity (Wildman–Crippen MR) is 389 cm³/mol. The van der Waals surface area contributed by atoms with E-state index < -0.39 is 119 Å². The number of amides is 5. The highest BCUT2D eigenvalue weighted by Crippen LogP contribution is 2.47. The summed E-state index contributed by atoms with van der Waals surface area (Å²) >= 11 is 0. The third-order valence-electron chi connectivity index (χ3n) is 21.2. The van der Waals surface area contributed by atoms with E-state index in [1.54, 1.807) is 69.7 Å². The first-order chi connectivity index (χ1) is 50.9. The molecule has 0 aromatic heterocycles. The molecule has 9 aliphatic heterocycles. The van der Waals surface area contributed by atoms with Crippen molar-refractivity contribution >= 4 is 30.1 Å². The minimum absolute atomic E-state index is 0.00285. The van der Waals surface area contributed by atoms with Crippen molar-refractivity contribution in [3.05, 3.63) is 108 Å². The molecule has 0 unspecified atom stereocenters. The number of ether oxygens (including phenoxy) is 14. The maximum absolute atomic E-state index is 12.5. The molecule has 31 nitrogen and oxygen atoms in total. The summed E-state index contributed by atoms with van der Waals surface area (Å²) in [5.74, 6) is -6.74. The van der Waals surface area contributed by atoms with Gasteiger partial charge in [-0.15, -0.1) is 0 Å². The number of benzene rings is 3. The van der Waals surface area contributed by atoms with E-state index in [1.165, 1.54) is 9.80 Å². The van der Waals surface area contributed by atoms with E-state index in [4.69, 9.17) is 66.3 Å². The molecule has 7 N–H and O–H groups in total. The summed E-state index contributed by atoms with van der Waals surface area (Å²) in [4.78, 5) is 70.7. The smallest absolute Gasteiger partial charge is 0.407 e. The molecule has 602 valence electrons. The fraction of sp³-hybridized carbons (Fsp3) is 0.701. The van der Waals surface area contributed by atoms with Crippen LogP contribution in [-0.4, -0.2) is 301 Å². The van der Waals surface area contributed by atoms with Gasteiger partial charge in [0.05, 0.1) is 39.5 Å². The number of aliphatic hydroxyl groups is 4. The topological polar surface area (TPSA) is 348 Å². The molecule has 9 heterocycles. The Hall–Kier alpha value is -6.31. The van der Waals surface area contributed by atoms with Gasteiger partial charge in [-0.25, -0.2) is 14.4 Å². The Morgan fingerprint density at radius 2 is 0.731 bits per heavy atom. The van der Waals surface area contributed by atoms with Gasteiger partial charge >= 0.3 is 18.3 Å². The molecule has 108 heavy (non-hydrogen) atoms. The van der Waals surface area contributed by atoms with Gasteiger partial charge in [-0.2, -0.15) is 0 Å². The van der Waals surface area contributed by atoms with Gasteiger partial charge in [0.1, 0.15) is 88.0 Å². The summed E-state index contributed by atoms with van der Waals surface area (Å²) in [6, 6.07) is 28.7. The van der Waals surface area contributed by atoms with Crippen LogP contribution in [0.3, 0.4) is 0 Å². The van der Waals surface area contributed by atoms with Gasteiger partial charge in [0, 0.05) is 84.1 Å². The van der Waals surface area contributed by atoms with Crippen molar-refractivity contribution in [1.82, 2.24) is 40.4 Å². The molecule has 3 aromatic carbocycles. The van der Waals surface area contributed by atoms with Gasteiger partial charge in [-0.05, 0) is 118 Å². The van der Waals surface area contributed by atoms with Gasteiger partial charge in [0.15, 0.2) is 17.4 Å². The molecule has 0 aliphatic carbocycles. The SMILES string of the molecule is CC1(NC(=O)OCc2ccccc2)CCN(C[C@@]23OC[C@@H](O)[C@@H](O)[C@@H]2OC(C)(C)O3)CC1.CN(C)C(=O)CO[C@@H]1CO[C@@]2(CN3CCC(C)(NC(=O)OCc4ccccc4)CC3)OC(C)(C)O[C@H]2[C@@H]1O.CN(C)C(=O)CO[C@@H]1[C@H](O)CO[C@@]2(CN3CCC(C)(NC(=O)OCc4ccccc4)CC3)OC(C)(C)O[C@@H]12. The number of hydrogen-bond acceptors (Lipinski definition) is 26. The molecule has 0 saturated carbocycles. The average molecular weight is 1520 g/mol. The quantitative estimate of drug-likeness (QED) is 0.0730. The molecule has 0 bridgehead atoms.